The molecule has 2 heterocycles. The van der Waals surface area contributed by atoms with Crippen LogP contribution in [0.2, 0.25) is 0 Å². The lowest BCUT2D eigenvalue weighted by Crippen LogP contribution is -2.44. The fourth-order valence-corrected chi connectivity index (χ4v) is 4.30. The van der Waals surface area contributed by atoms with Gasteiger partial charge in [-0.15, -0.1) is 10.2 Å². The van der Waals surface area contributed by atoms with Gasteiger partial charge in [0.05, 0.1) is 11.7 Å². The van der Waals surface area contributed by atoms with Crippen molar-refractivity contribution in [2.75, 3.05) is 34.4 Å². The van der Waals surface area contributed by atoms with Crippen molar-refractivity contribution in [3.63, 3.8) is 0 Å². The van der Waals surface area contributed by atoms with Gasteiger partial charge in [0.25, 0.3) is 0 Å². The molecule has 1 saturated heterocycles. The third-order valence-corrected chi connectivity index (χ3v) is 6.43. The molecule has 1 saturated carbocycles. The van der Waals surface area contributed by atoms with Gasteiger partial charge in [0.2, 0.25) is 17.7 Å². The van der Waals surface area contributed by atoms with Crippen LogP contribution in [0, 0.1) is 5.92 Å². The van der Waals surface area contributed by atoms with Crippen molar-refractivity contribution in [1.82, 2.24) is 15.5 Å². The fraction of sp³-hybridized carbons (Fsp3) is 0.435. The predicted octanol–water partition coefficient (Wildman–Crippen LogP) is 2.66. The molecule has 4 rings (SSSR count). The van der Waals surface area contributed by atoms with Crippen LogP contribution in [0.4, 0.5) is 17.2 Å². The summed E-state index contributed by atoms with van der Waals surface area (Å²) in [5.74, 6) is 0.804. The molecule has 1 aromatic heterocycles. The summed E-state index contributed by atoms with van der Waals surface area (Å²) >= 11 is 1.31. The second kappa shape index (κ2) is 10.7. The largest absolute Gasteiger partial charge is 0.354 e. The highest BCUT2D eigenvalue weighted by molar-refractivity contribution is 7.99. The Balaban J connectivity index is 1.24. The van der Waals surface area contributed by atoms with E-state index in [9.17, 15) is 14.4 Å². The van der Waals surface area contributed by atoms with Crippen LogP contribution < -0.4 is 20.9 Å². The van der Waals surface area contributed by atoms with E-state index >= 15 is 0 Å². The molecule has 2 fully saturated rings. The van der Waals surface area contributed by atoms with E-state index < -0.39 is 0 Å². The summed E-state index contributed by atoms with van der Waals surface area (Å²) in [6.45, 7) is 2.96. The molecule has 9 nitrogen and oxygen atoms in total. The molecule has 1 aromatic carbocycles. The predicted molar refractivity (Wildman–Crippen MR) is 128 cm³/mol. The quantitative estimate of drug-likeness (QED) is 0.510. The number of rotatable bonds is 8. The Morgan fingerprint density at radius 1 is 1.00 bits per heavy atom. The van der Waals surface area contributed by atoms with Gasteiger partial charge >= 0.3 is 0 Å². The topological polar surface area (TPSA) is 116 Å². The highest BCUT2D eigenvalue weighted by Gasteiger charge is 2.30. The minimum atomic E-state index is -0.154. The fourth-order valence-electron chi connectivity index (χ4n) is 3.68. The summed E-state index contributed by atoms with van der Waals surface area (Å²) in [6, 6.07) is 11.1. The van der Waals surface area contributed by atoms with Crippen molar-refractivity contribution in [2.24, 2.45) is 5.92 Å². The van der Waals surface area contributed by atoms with Gasteiger partial charge in [-0.3, -0.25) is 14.4 Å². The first kappa shape index (κ1) is 23.0. The second-order valence-corrected chi connectivity index (χ2v) is 9.39. The molecule has 0 spiro atoms. The molecule has 1 aliphatic heterocycles. The van der Waals surface area contributed by atoms with Crippen molar-refractivity contribution < 1.29 is 14.4 Å². The van der Waals surface area contributed by atoms with Gasteiger partial charge in [0, 0.05) is 37.4 Å². The van der Waals surface area contributed by atoms with Crippen LogP contribution in [0.25, 0.3) is 0 Å². The number of hydrogen-bond acceptors (Lipinski definition) is 7. The van der Waals surface area contributed by atoms with E-state index in [4.69, 9.17) is 0 Å². The number of thioether (sulfide) groups is 1. The summed E-state index contributed by atoms with van der Waals surface area (Å²) in [5.41, 5.74) is 1.33. The van der Waals surface area contributed by atoms with Gasteiger partial charge in [-0.1, -0.05) is 11.8 Å². The number of hydrogen-bond donors (Lipinski definition) is 3. The van der Waals surface area contributed by atoms with Crippen LogP contribution in [0.1, 0.15) is 32.6 Å². The van der Waals surface area contributed by atoms with E-state index in [2.05, 4.69) is 31.0 Å². The van der Waals surface area contributed by atoms with Gasteiger partial charge in [-0.2, -0.15) is 0 Å². The van der Waals surface area contributed by atoms with Gasteiger partial charge in [0.1, 0.15) is 5.03 Å². The van der Waals surface area contributed by atoms with E-state index in [1.165, 1.54) is 18.7 Å². The maximum Gasteiger partial charge on any atom is 0.234 e. The Morgan fingerprint density at radius 3 is 2.36 bits per heavy atom. The number of anilines is 3. The number of piperidine rings is 1. The van der Waals surface area contributed by atoms with Gasteiger partial charge in [-0.05, 0) is 62.1 Å². The molecule has 0 radical (unpaired) electrons. The minimum Gasteiger partial charge on any atom is -0.354 e. The maximum atomic E-state index is 12.4. The Kier molecular flexibility index (Phi) is 7.43. The average Bonchev–Trinajstić information content (AvgIpc) is 3.63. The first-order valence-electron chi connectivity index (χ1n) is 11.2. The molecule has 2 aromatic rings. The summed E-state index contributed by atoms with van der Waals surface area (Å²) in [4.78, 5) is 37.8. The molecule has 0 bridgehead atoms. The van der Waals surface area contributed by atoms with Gasteiger partial charge < -0.3 is 20.9 Å². The molecule has 1 aliphatic carbocycles. The minimum absolute atomic E-state index is 0.00814. The molecule has 2 aliphatic rings. The summed E-state index contributed by atoms with van der Waals surface area (Å²) in [5, 5.41) is 17.8. The van der Waals surface area contributed by atoms with Gasteiger partial charge in [-0.25, -0.2) is 0 Å². The molecular formula is C23H28N6O3S. The number of nitrogens with one attached hydrogen (secondary N) is 3. The number of carbonyl (C=O) groups is 3. The van der Waals surface area contributed by atoms with Crippen LogP contribution in [0.5, 0.6) is 0 Å². The Morgan fingerprint density at radius 2 is 1.73 bits per heavy atom. The standard InChI is InChI=1S/C23H28N6O3S/c1-15(30)24-17-4-6-18(7-5-17)25-21(31)14-33-22-11-10-20(27-28-22)29-12-2-3-16(13-29)23(32)26-19-8-9-19/h4-7,10-11,16,19H,2-3,8-9,12-14H2,1H3,(H,24,30)(H,25,31)(H,26,32)/t16-/m0/s1. The zero-order valence-corrected chi connectivity index (χ0v) is 19.4. The van der Waals surface area contributed by atoms with E-state index in [-0.39, 0.29) is 29.4 Å². The Bertz CT molecular complexity index is 994. The summed E-state index contributed by atoms with van der Waals surface area (Å²) in [7, 11) is 0. The number of amides is 3. The summed E-state index contributed by atoms with van der Waals surface area (Å²) < 4.78 is 0. The number of benzene rings is 1. The zero-order chi connectivity index (χ0) is 23.2. The van der Waals surface area contributed by atoms with Crippen LogP contribution in [0.3, 0.4) is 0 Å². The molecule has 174 valence electrons. The average molecular weight is 469 g/mol. The van der Waals surface area contributed by atoms with Crippen molar-refractivity contribution in [3.8, 4) is 0 Å². The smallest absolute Gasteiger partial charge is 0.234 e. The summed E-state index contributed by atoms with van der Waals surface area (Å²) in [6.07, 6.45) is 4.04. The van der Waals surface area contributed by atoms with E-state index in [1.807, 2.05) is 12.1 Å². The third kappa shape index (κ3) is 6.92. The highest BCUT2D eigenvalue weighted by atomic mass is 32.2. The van der Waals surface area contributed by atoms with Crippen molar-refractivity contribution in [1.29, 1.82) is 0 Å². The second-order valence-electron chi connectivity index (χ2n) is 8.39. The zero-order valence-electron chi connectivity index (χ0n) is 18.5. The normalized spacial score (nSPS) is 17.8. The SMILES string of the molecule is CC(=O)Nc1ccc(NC(=O)CSc2ccc(N3CCC[C@H](C(=O)NC4CC4)C3)nn2)cc1. The first-order valence-corrected chi connectivity index (χ1v) is 12.1. The van der Waals surface area contributed by atoms with Crippen LogP contribution in [-0.2, 0) is 14.4 Å². The lowest BCUT2D eigenvalue weighted by atomic mass is 9.97. The van der Waals surface area contributed by atoms with Crippen LogP contribution >= 0.6 is 11.8 Å². The molecule has 3 amide bonds. The Hall–Kier alpha value is -3.14. The first-order chi connectivity index (χ1) is 16.0. The van der Waals surface area contributed by atoms with Gasteiger partial charge in [0.15, 0.2) is 5.82 Å². The third-order valence-electron chi connectivity index (χ3n) is 5.51. The molecular weight excluding hydrogens is 440 g/mol. The number of carbonyl (C=O) groups excluding carboxylic acids is 3. The number of aromatic nitrogens is 2. The van der Waals surface area contributed by atoms with Crippen molar-refractivity contribution >= 4 is 46.7 Å². The lowest BCUT2D eigenvalue weighted by Gasteiger charge is -2.32. The molecule has 10 heteroatoms. The number of nitrogens with zero attached hydrogens (tertiary/aromatic N) is 3. The Labute approximate surface area is 197 Å². The molecule has 0 unspecified atom stereocenters. The van der Waals surface area contributed by atoms with Crippen LogP contribution in [0.15, 0.2) is 41.4 Å². The molecule has 33 heavy (non-hydrogen) atoms. The van der Waals surface area contributed by atoms with Crippen molar-refractivity contribution in [2.45, 2.75) is 43.7 Å². The molecule has 3 N–H and O–H groups in total. The maximum absolute atomic E-state index is 12.4. The van der Waals surface area contributed by atoms with E-state index in [0.29, 0.717) is 29.0 Å². The van der Waals surface area contributed by atoms with Crippen molar-refractivity contribution in [3.05, 3.63) is 36.4 Å². The monoisotopic (exact) mass is 468 g/mol. The molecule has 1 atom stereocenters. The van der Waals surface area contributed by atoms with Crippen LogP contribution in [-0.4, -0.2) is 52.8 Å². The van der Waals surface area contributed by atoms with E-state index in [0.717, 1.165) is 38.0 Å². The lowest BCUT2D eigenvalue weighted by molar-refractivity contribution is -0.125. The van der Waals surface area contributed by atoms with E-state index in [1.54, 1.807) is 24.3 Å². The highest BCUT2D eigenvalue weighted by Crippen LogP contribution is 2.25.